The Labute approximate surface area is 106 Å². The van der Waals surface area contributed by atoms with Crippen LogP contribution < -0.4 is 0 Å². The second-order valence-electron chi connectivity index (χ2n) is 4.45. The fourth-order valence-electron chi connectivity index (χ4n) is 1.88. The van der Waals surface area contributed by atoms with E-state index >= 15 is 0 Å². The van der Waals surface area contributed by atoms with E-state index in [2.05, 4.69) is 0 Å². The molecule has 0 spiro atoms. The Bertz CT molecular complexity index is 497. The van der Waals surface area contributed by atoms with E-state index in [1.807, 2.05) is 0 Å². The van der Waals surface area contributed by atoms with Gasteiger partial charge >= 0.3 is 0 Å². The molecule has 6 heteroatoms. The van der Waals surface area contributed by atoms with Gasteiger partial charge in [0, 0.05) is 12.6 Å². The smallest absolute Gasteiger partial charge is 0.218 e. The minimum atomic E-state index is -3.44. The summed E-state index contributed by atoms with van der Waals surface area (Å²) in [5.74, 6) is -0.533. The molecule has 0 amide bonds. The summed E-state index contributed by atoms with van der Waals surface area (Å²) in [5, 5.41) is 8.92. The lowest BCUT2D eigenvalue weighted by Crippen LogP contribution is -2.36. The molecule has 1 aromatic carbocycles. The van der Waals surface area contributed by atoms with E-state index in [1.165, 1.54) is 28.6 Å². The van der Waals surface area contributed by atoms with Gasteiger partial charge in [0.25, 0.3) is 0 Å². The zero-order chi connectivity index (χ0) is 13.2. The minimum Gasteiger partial charge on any atom is -0.395 e. The van der Waals surface area contributed by atoms with E-state index in [1.54, 1.807) is 0 Å². The molecule has 2 rings (SSSR count). The van der Waals surface area contributed by atoms with Crippen molar-refractivity contribution in [3.8, 4) is 0 Å². The molecule has 1 fully saturated rings. The Morgan fingerprint density at radius 2 is 1.89 bits per heavy atom. The van der Waals surface area contributed by atoms with Crippen molar-refractivity contribution >= 4 is 10.0 Å². The Balaban J connectivity index is 2.12. The Hall–Kier alpha value is -0.980. The van der Waals surface area contributed by atoms with Crippen molar-refractivity contribution in [3.63, 3.8) is 0 Å². The standard InChI is InChI=1S/C12H16FNO3S/c13-11-3-1-10(2-4-11)9-18(16,17)14(7-8-15)12-5-6-12/h1-4,12,15H,5-9H2. The summed E-state index contributed by atoms with van der Waals surface area (Å²) in [7, 11) is -3.44. The molecule has 1 aliphatic carbocycles. The fraction of sp³-hybridized carbons (Fsp3) is 0.500. The molecule has 0 bridgehead atoms. The van der Waals surface area contributed by atoms with Gasteiger partial charge in [-0.3, -0.25) is 0 Å². The summed E-state index contributed by atoms with van der Waals surface area (Å²) in [6.45, 7) is -0.0483. The lowest BCUT2D eigenvalue weighted by atomic mass is 10.2. The molecule has 4 nitrogen and oxygen atoms in total. The number of aliphatic hydroxyl groups excluding tert-OH is 1. The first-order valence-corrected chi connectivity index (χ1v) is 7.48. The molecule has 1 N–H and O–H groups in total. The predicted molar refractivity (Wildman–Crippen MR) is 65.8 cm³/mol. The average Bonchev–Trinajstić information content (AvgIpc) is 3.12. The second-order valence-corrected chi connectivity index (χ2v) is 6.37. The largest absolute Gasteiger partial charge is 0.395 e. The molecule has 1 aromatic rings. The van der Waals surface area contributed by atoms with E-state index < -0.39 is 10.0 Å². The number of rotatable bonds is 6. The van der Waals surface area contributed by atoms with Gasteiger partial charge in [-0.1, -0.05) is 12.1 Å². The maximum atomic E-state index is 12.7. The SMILES string of the molecule is O=S(=O)(Cc1ccc(F)cc1)N(CCO)C1CC1. The molecular weight excluding hydrogens is 257 g/mol. The quantitative estimate of drug-likeness (QED) is 0.844. The highest BCUT2D eigenvalue weighted by Crippen LogP contribution is 2.30. The van der Waals surface area contributed by atoms with Crippen LogP contribution in [0.4, 0.5) is 4.39 Å². The normalized spacial score (nSPS) is 16.2. The highest BCUT2D eigenvalue weighted by molar-refractivity contribution is 7.88. The van der Waals surface area contributed by atoms with Crippen LogP contribution in [-0.4, -0.2) is 37.0 Å². The minimum absolute atomic E-state index is 0.0302. The highest BCUT2D eigenvalue weighted by Gasteiger charge is 2.36. The predicted octanol–water partition coefficient (Wildman–Crippen LogP) is 1.11. The Kier molecular flexibility index (Phi) is 3.99. The molecule has 0 unspecified atom stereocenters. The van der Waals surface area contributed by atoms with Crippen LogP contribution in [0, 0.1) is 5.82 Å². The van der Waals surface area contributed by atoms with Crippen LogP contribution in [0.15, 0.2) is 24.3 Å². The molecule has 0 atom stereocenters. The molecular formula is C12H16FNO3S. The number of sulfonamides is 1. The number of benzene rings is 1. The van der Waals surface area contributed by atoms with Crippen molar-refractivity contribution in [2.45, 2.75) is 24.6 Å². The van der Waals surface area contributed by atoms with Crippen molar-refractivity contribution < 1.29 is 17.9 Å². The summed E-state index contributed by atoms with van der Waals surface area (Å²) in [4.78, 5) is 0. The van der Waals surface area contributed by atoms with Crippen LogP contribution >= 0.6 is 0 Å². The summed E-state index contributed by atoms with van der Waals surface area (Å²) in [5.41, 5.74) is 0.556. The van der Waals surface area contributed by atoms with E-state index in [9.17, 15) is 12.8 Å². The zero-order valence-corrected chi connectivity index (χ0v) is 10.7. The summed E-state index contributed by atoms with van der Waals surface area (Å²) in [6.07, 6.45) is 1.70. The van der Waals surface area contributed by atoms with Crippen molar-refractivity contribution in [2.75, 3.05) is 13.2 Å². The van der Waals surface area contributed by atoms with Crippen LogP contribution in [0.5, 0.6) is 0 Å². The number of aliphatic hydroxyl groups is 1. The third-order valence-corrected chi connectivity index (χ3v) is 4.79. The number of hydrogen-bond donors (Lipinski definition) is 1. The first-order chi connectivity index (χ1) is 8.53. The van der Waals surface area contributed by atoms with Crippen molar-refractivity contribution in [1.29, 1.82) is 0 Å². The molecule has 0 radical (unpaired) electrons. The molecule has 1 saturated carbocycles. The van der Waals surface area contributed by atoms with Gasteiger partial charge in [-0.25, -0.2) is 12.8 Å². The van der Waals surface area contributed by atoms with Gasteiger partial charge in [0.05, 0.1) is 12.4 Å². The first-order valence-electron chi connectivity index (χ1n) is 5.88. The first kappa shape index (κ1) is 13.5. The highest BCUT2D eigenvalue weighted by atomic mass is 32.2. The van der Waals surface area contributed by atoms with Crippen LogP contribution in [0.25, 0.3) is 0 Å². The number of nitrogens with zero attached hydrogens (tertiary/aromatic N) is 1. The molecule has 0 aliphatic heterocycles. The van der Waals surface area contributed by atoms with Crippen molar-refractivity contribution in [3.05, 3.63) is 35.6 Å². The van der Waals surface area contributed by atoms with Crippen LogP contribution in [0.3, 0.4) is 0 Å². The van der Waals surface area contributed by atoms with E-state index in [0.717, 1.165) is 12.8 Å². The molecule has 18 heavy (non-hydrogen) atoms. The maximum Gasteiger partial charge on any atom is 0.218 e. The van der Waals surface area contributed by atoms with Crippen LogP contribution in [0.1, 0.15) is 18.4 Å². The summed E-state index contributed by atoms with van der Waals surface area (Å²) < 4.78 is 38.5. The molecule has 0 saturated heterocycles. The number of halogens is 1. The number of hydrogen-bond acceptors (Lipinski definition) is 3. The maximum absolute atomic E-state index is 12.7. The average molecular weight is 273 g/mol. The third kappa shape index (κ3) is 3.28. The lowest BCUT2D eigenvalue weighted by molar-refractivity contribution is 0.250. The topological polar surface area (TPSA) is 57.6 Å². The fourth-order valence-corrected chi connectivity index (χ4v) is 3.69. The monoisotopic (exact) mass is 273 g/mol. The third-order valence-electron chi connectivity index (χ3n) is 2.89. The van der Waals surface area contributed by atoms with Gasteiger partial charge in [-0.05, 0) is 30.5 Å². The Morgan fingerprint density at radius 1 is 1.28 bits per heavy atom. The zero-order valence-electron chi connectivity index (χ0n) is 9.92. The molecule has 0 heterocycles. The van der Waals surface area contributed by atoms with E-state index in [4.69, 9.17) is 5.11 Å². The Morgan fingerprint density at radius 3 is 2.39 bits per heavy atom. The molecule has 100 valence electrons. The van der Waals surface area contributed by atoms with Crippen LogP contribution in [-0.2, 0) is 15.8 Å². The van der Waals surface area contributed by atoms with Gasteiger partial charge in [0.15, 0.2) is 0 Å². The van der Waals surface area contributed by atoms with E-state index in [-0.39, 0.29) is 30.8 Å². The van der Waals surface area contributed by atoms with Gasteiger partial charge in [-0.2, -0.15) is 4.31 Å². The van der Waals surface area contributed by atoms with Gasteiger partial charge < -0.3 is 5.11 Å². The second kappa shape index (κ2) is 5.34. The van der Waals surface area contributed by atoms with Gasteiger partial charge in [0.2, 0.25) is 10.0 Å². The van der Waals surface area contributed by atoms with Crippen molar-refractivity contribution in [2.24, 2.45) is 0 Å². The summed E-state index contributed by atoms with van der Waals surface area (Å²) >= 11 is 0. The van der Waals surface area contributed by atoms with E-state index in [0.29, 0.717) is 5.56 Å². The van der Waals surface area contributed by atoms with Crippen LogP contribution in [0.2, 0.25) is 0 Å². The van der Waals surface area contributed by atoms with Gasteiger partial charge in [-0.15, -0.1) is 0 Å². The summed E-state index contributed by atoms with van der Waals surface area (Å²) in [6, 6.07) is 5.47. The van der Waals surface area contributed by atoms with Crippen molar-refractivity contribution in [1.82, 2.24) is 4.31 Å². The lowest BCUT2D eigenvalue weighted by Gasteiger charge is -2.20. The van der Waals surface area contributed by atoms with Gasteiger partial charge in [0.1, 0.15) is 5.82 Å². The molecule has 0 aromatic heterocycles. The molecule has 1 aliphatic rings.